The van der Waals surface area contributed by atoms with Crippen LogP contribution < -0.4 is 20.3 Å². The second kappa shape index (κ2) is 5.89. The smallest absolute Gasteiger partial charge is 0.231 e. The van der Waals surface area contributed by atoms with Crippen LogP contribution in [0.3, 0.4) is 0 Å². The van der Waals surface area contributed by atoms with Gasteiger partial charge >= 0.3 is 0 Å². The minimum absolute atomic E-state index is 0.0941. The van der Waals surface area contributed by atoms with Crippen LogP contribution in [0.25, 0.3) is 0 Å². The molecule has 2 aromatic carbocycles. The molecule has 0 aromatic heterocycles. The van der Waals surface area contributed by atoms with E-state index in [9.17, 15) is 10.2 Å². The first-order valence-corrected chi connectivity index (χ1v) is 8.10. The Kier molecular flexibility index (Phi) is 3.70. The molecule has 2 aliphatic rings. The molecule has 1 fully saturated rings. The van der Waals surface area contributed by atoms with Gasteiger partial charge < -0.3 is 19.7 Å². The molecule has 4 N–H and O–H groups in total. The van der Waals surface area contributed by atoms with E-state index in [0.717, 1.165) is 34.7 Å². The SMILES string of the molecule is CCc1cc(C2NNCC2c2ccc3c(c2)OCO3)c(O)cc1O. The topological polar surface area (TPSA) is 83.0 Å². The molecule has 0 aliphatic carbocycles. The van der Waals surface area contributed by atoms with E-state index in [-0.39, 0.29) is 30.3 Å². The van der Waals surface area contributed by atoms with Crippen LogP contribution in [0, 0.1) is 0 Å². The summed E-state index contributed by atoms with van der Waals surface area (Å²) in [5.74, 6) is 1.86. The van der Waals surface area contributed by atoms with Crippen LogP contribution in [0.15, 0.2) is 30.3 Å². The highest BCUT2D eigenvalue weighted by Crippen LogP contribution is 2.42. The lowest BCUT2D eigenvalue weighted by molar-refractivity contribution is 0.174. The summed E-state index contributed by atoms with van der Waals surface area (Å²) in [5.41, 5.74) is 9.11. The lowest BCUT2D eigenvalue weighted by atomic mass is 9.87. The lowest BCUT2D eigenvalue weighted by Gasteiger charge is -2.21. The van der Waals surface area contributed by atoms with Crippen molar-refractivity contribution in [2.75, 3.05) is 13.3 Å². The maximum absolute atomic E-state index is 10.3. The summed E-state index contributed by atoms with van der Waals surface area (Å²) < 4.78 is 10.8. The van der Waals surface area contributed by atoms with E-state index < -0.39 is 0 Å². The van der Waals surface area contributed by atoms with E-state index in [1.165, 1.54) is 6.07 Å². The Morgan fingerprint density at radius 3 is 2.75 bits per heavy atom. The third kappa shape index (κ3) is 2.44. The second-order valence-corrected chi connectivity index (χ2v) is 6.12. The second-order valence-electron chi connectivity index (χ2n) is 6.12. The number of ether oxygens (including phenoxy) is 2. The monoisotopic (exact) mass is 328 g/mol. The van der Waals surface area contributed by atoms with Crippen molar-refractivity contribution in [2.24, 2.45) is 0 Å². The van der Waals surface area contributed by atoms with Crippen molar-refractivity contribution in [2.45, 2.75) is 25.3 Å². The Morgan fingerprint density at radius 2 is 1.92 bits per heavy atom. The molecule has 2 atom stereocenters. The maximum atomic E-state index is 10.3. The largest absolute Gasteiger partial charge is 0.508 e. The number of hydrogen-bond acceptors (Lipinski definition) is 6. The average Bonchev–Trinajstić information content (AvgIpc) is 3.23. The number of rotatable bonds is 3. The van der Waals surface area contributed by atoms with E-state index in [2.05, 4.69) is 10.9 Å². The third-order valence-electron chi connectivity index (χ3n) is 4.75. The van der Waals surface area contributed by atoms with Crippen molar-refractivity contribution < 1.29 is 19.7 Å². The van der Waals surface area contributed by atoms with E-state index in [1.807, 2.05) is 31.2 Å². The number of fused-ring (bicyclic) bond motifs is 1. The number of hydrogen-bond donors (Lipinski definition) is 4. The molecular formula is C18H20N2O4. The van der Waals surface area contributed by atoms with Crippen LogP contribution in [-0.2, 0) is 6.42 Å². The van der Waals surface area contributed by atoms with Gasteiger partial charge in [-0.05, 0) is 35.7 Å². The van der Waals surface area contributed by atoms with E-state index in [0.29, 0.717) is 6.42 Å². The molecule has 0 saturated carbocycles. The van der Waals surface area contributed by atoms with Crippen LogP contribution in [-0.4, -0.2) is 23.6 Å². The zero-order chi connectivity index (χ0) is 16.7. The number of phenolic OH excluding ortho intramolecular Hbond substituents is 2. The molecule has 126 valence electrons. The minimum atomic E-state index is -0.101. The fourth-order valence-corrected chi connectivity index (χ4v) is 3.42. The highest BCUT2D eigenvalue weighted by molar-refractivity contribution is 5.50. The first-order chi connectivity index (χ1) is 11.7. The van der Waals surface area contributed by atoms with Crippen LogP contribution in [0.4, 0.5) is 0 Å². The molecule has 6 nitrogen and oxygen atoms in total. The van der Waals surface area contributed by atoms with Crippen molar-refractivity contribution in [3.05, 3.63) is 47.0 Å². The van der Waals surface area contributed by atoms with Gasteiger partial charge in [0.05, 0.1) is 6.04 Å². The minimum Gasteiger partial charge on any atom is -0.508 e. The average molecular weight is 328 g/mol. The first-order valence-electron chi connectivity index (χ1n) is 8.10. The van der Waals surface area contributed by atoms with E-state index in [4.69, 9.17) is 9.47 Å². The number of phenols is 2. The van der Waals surface area contributed by atoms with Crippen LogP contribution >= 0.6 is 0 Å². The Balaban J connectivity index is 1.71. The Bertz CT molecular complexity index is 778. The van der Waals surface area contributed by atoms with E-state index >= 15 is 0 Å². The maximum Gasteiger partial charge on any atom is 0.231 e. The van der Waals surface area contributed by atoms with Gasteiger partial charge in [-0.15, -0.1) is 0 Å². The fraction of sp³-hybridized carbons (Fsp3) is 0.333. The molecule has 24 heavy (non-hydrogen) atoms. The Hall–Kier alpha value is -2.44. The van der Waals surface area contributed by atoms with E-state index in [1.54, 1.807) is 0 Å². The van der Waals surface area contributed by atoms with Gasteiger partial charge in [0.15, 0.2) is 11.5 Å². The van der Waals surface area contributed by atoms with Crippen molar-refractivity contribution in [3.8, 4) is 23.0 Å². The highest BCUT2D eigenvalue weighted by Gasteiger charge is 2.33. The normalized spacial score (nSPS) is 22.0. The Labute approximate surface area is 140 Å². The number of aromatic hydroxyl groups is 2. The van der Waals surface area contributed by atoms with Crippen molar-refractivity contribution in [1.82, 2.24) is 10.9 Å². The van der Waals surface area contributed by atoms with Crippen LogP contribution in [0.5, 0.6) is 23.0 Å². The number of nitrogens with one attached hydrogen (secondary N) is 2. The molecule has 0 spiro atoms. The third-order valence-corrected chi connectivity index (χ3v) is 4.75. The van der Waals surface area contributed by atoms with Crippen molar-refractivity contribution in [1.29, 1.82) is 0 Å². The van der Waals surface area contributed by atoms with Crippen LogP contribution in [0.2, 0.25) is 0 Å². The summed E-state index contributed by atoms with van der Waals surface area (Å²) in [7, 11) is 0. The van der Waals surface area contributed by atoms with Gasteiger partial charge in [-0.25, -0.2) is 5.43 Å². The first kappa shape index (κ1) is 15.1. The predicted molar refractivity (Wildman–Crippen MR) is 88.3 cm³/mol. The number of hydrazine groups is 1. The van der Waals surface area contributed by atoms with Gasteiger partial charge in [0.1, 0.15) is 11.5 Å². The van der Waals surface area contributed by atoms with Gasteiger partial charge in [0, 0.05) is 24.1 Å². The predicted octanol–water partition coefficient (Wildman–Crippen LogP) is 2.32. The number of benzene rings is 2. The number of aryl methyl sites for hydroxylation is 1. The molecular weight excluding hydrogens is 308 g/mol. The summed E-state index contributed by atoms with van der Waals surface area (Å²) in [6.45, 7) is 2.96. The molecule has 0 amide bonds. The molecule has 1 saturated heterocycles. The quantitative estimate of drug-likeness (QED) is 0.692. The molecule has 2 unspecified atom stereocenters. The van der Waals surface area contributed by atoms with Gasteiger partial charge in [-0.3, -0.25) is 5.43 Å². The summed E-state index contributed by atoms with van der Waals surface area (Å²) >= 11 is 0. The Morgan fingerprint density at radius 1 is 1.08 bits per heavy atom. The van der Waals surface area contributed by atoms with Gasteiger partial charge in [-0.2, -0.15) is 0 Å². The summed E-state index contributed by atoms with van der Waals surface area (Å²) in [4.78, 5) is 0. The molecule has 4 rings (SSSR count). The lowest BCUT2D eigenvalue weighted by Crippen LogP contribution is -2.25. The standard InChI is InChI=1S/C18H20N2O4/c1-2-10-5-12(15(22)7-14(10)21)18-13(8-19-20-18)11-3-4-16-17(6-11)24-9-23-16/h3-7,13,18-22H,2,8-9H2,1H3. The zero-order valence-electron chi connectivity index (χ0n) is 13.4. The summed E-state index contributed by atoms with van der Waals surface area (Å²) in [6.07, 6.45) is 0.702. The van der Waals surface area contributed by atoms with Gasteiger partial charge in [0.25, 0.3) is 0 Å². The van der Waals surface area contributed by atoms with Gasteiger partial charge in [-0.1, -0.05) is 13.0 Å². The molecule has 6 heteroatoms. The highest BCUT2D eigenvalue weighted by atomic mass is 16.7. The fourth-order valence-electron chi connectivity index (χ4n) is 3.42. The molecule has 2 aliphatic heterocycles. The van der Waals surface area contributed by atoms with Crippen molar-refractivity contribution >= 4 is 0 Å². The molecule has 0 radical (unpaired) electrons. The summed E-state index contributed by atoms with van der Waals surface area (Å²) in [5, 5.41) is 20.2. The summed E-state index contributed by atoms with van der Waals surface area (Å²) in [6, 6.07) is 9.13. The van der Waals surface area contributed by atoms with Gasteiger partial charge in [0.2, 0.25) is 6.79 Å². The van der Waals surface area contributed by atoms with Crippen molar-refractivity contribution in [3.63, 3.8) is 0 Å². The zero-order valence-corrected chi connectivity index (χ0v) is 13.4. The van der Waals surface area contributed by atoms with Crippen LogP contribution in [0.1, 0.15) is 35.6 Å². The molecule has 0 bridgehead atoms. The molecule has 2 heterocycles. The molecule has 2 aromatic rings.